The zero-order valence-corrected chi connectivity index (χ0v) is 13.4. The van der Waals surface area contributed by atoms with Crippen molar-refractivity contribution < 1.29 is 13.2 Å². The molecular formula is C13H14Cl2N2O3S. The Kier molecular flexibility index (Phi) is 5.24. The van der Waals surface area contributed by atoms with E-state index in [-0.39, 0.29) is 29.8 Å². The second kappa shape index (κ2) is 6.77. The van der Waals surface area contributed by atoms with E-state index < -0.39 is 9.84 Å². The van der Waals surface area contributed by atoms with Crippen molar-refractivity contribution in [2.24, 2.45) is 11.0 Å². The Morgan fingerprint density at radius 3 is 2.81 bits per heavy atom. The van der Waals surface area contributed by atoms with E-state index >= 15 is 0 Å². The van der Waals surface area contributed by atoms with Gasteiger partial charge in [0.05, 0.1) is 22.7 Å². The highest BCUT2D eigenvalue weighted by atomic mass is 35.5. The van der Waals surface area contributed by atoms with Gasteiger partial charge in [-0.05, 0) is 24.5 Å². The third-order valence-corrected chi connectivity index (χ3v) is 5.56. The average Bonchev–Trinajstić information content (AvgIpc) is 2.71. The van der Waals surface area contributed by atoms with Crippen molar-refractivity contribution in [2.75, 3.05) is 11.5 Å². The monoisotopic (exact) mass is 348 g/mol. The molecule has 0 radical (unpaired) electrons. The van der Waals surface area contributed by atoms with Gasteiger partial charge in [0.2, 0.25) is 5.91 Å². The van der Waals surface area contributed by atoms with Crippen molar-refractivity contribution in [3.63, 3.8) is 0 Å². The number of rotatable bonds is 4. The van der Waals surface area contributed by atoms with Gasteiger partial charge in [-0.2, -0.15) is 5.10 Å². The lowest BCUT2D eigenvalue weighted by Crippen LogP contribution is -2.21. The Morgan fingerprint density at radius 1 is 1.43 bits per heavy atom. The molecule has 114 valence electrons. The summed E-state index contributed by atoms with van der Waals surface area (Å²) in [5.74, 6) is -0.190. The van der Waals surface area contributed by atoms with E-state index in [1.165, 1.54) is 6.21 Å². The lowest BCUT2D eigenvalue weighted by Gasteiger charge is -2.05. The third-order valence-electron chi connectivity index (χ3n) is 3.16. The molecule has 21 heavy (non-hydrogen) atoms. The van der Waals surface area contributed by atoms with Crippen molar-refractivity contribution >= 4 is 45.2 Å². The van der Waals surface area contributed by atoms with Crippen molar-refractivity contribution in [1.29, 1.82) is 0 Å². The standard InChI is InChI=1S/C13H14Cl2N2O3S/c14-11-2-1-10(12(15)6-11)7-16-17-13(18)5-9-3-4-21(19,20)8-9/h1-2,6-7,9H,3-5,8H2,(H,17,18)/b16-7-/t9-/m1/s1. The first kappa shape index (κ1) is 16.3. The molecule has 1 saturated heterocycles. The van der Waals surface area contributed by atoms with Gasteiger partial charge in [0.15, 0.2) is 9.84 Å². The van der Waals surface area contributed by atoms with Crippen LogP contribution in [0.2, 0.25) is 10.0 Å². The summed E-state index contributed by atoms with van der Waals surface area (Å²) in [7, 11) is -2.96. The maximum Gasteiger partial charge on any atom is 0.240 e. The molecule has 5 nitrogen and oxygen atoms in total. The molecule has 1 atom stereocenters. The minimum absolute atomic E-state index is 0.0765. The van der Waals surface area contributed by atoms with Crippen molar-refractivity contribution in [3.05, 3.63) is 33.8 Å². The minimum atomic E-state index is -2.96. The van der Waals surface area contributed by atoms with E-state index in [9.17, 15) is 13.2 Å². The van der Waals surface area contributed by atoms with Crippen LogP contribution in [0.25, 0.3) is 0 Å². The predicted octanol–water partition coefficient (Wildman–Crippen LogP) is 2.27. The molecule has 1 amide bonds. The number of carbonyl (C=O) groups is 1. The maximum atomic E-state index is 11.7. The smallest absolute Gasteiger partial charge is 0.240 e. The van der Waals surface area contributed by atoms with Crippen LogP contribution in [0.5, 0.6) is 0 Å². The first-order valence-electron chi connectivity index (χ1n) is 6.33. The van der Waals surface area contributed by atoms with Crippen molar-refractivity contribution in [2.45, 2.75) is 12.8 Å². The van der Waals surface area contributed by atoms with Gasteiger partial charge in [-0.25, -0.2) is 13.8 Å². The highest BCUT2D eigenvalue weighted by molar-refractivity contribution is 7.91. The number of sulfone groups is 1. The zero-order chi connectivity index (χ0) is 15.5. The summed E-state index contributed by atoms with van der Waals surface area (Å²) < 4.78 is 22.6. The second-order valence-corrected chi connectivity index (χ2v) is 8.00. The first-order valence-corrected chi connectivity index (χ1v) is 8.91. The van der Waals surface area contributed by atoms with Gasteiger partial charge < -0.3 is 0 Å². The fourth-order valence-electron chi connectivity index (χ4n) is 2.12. The number of carbonyl (C=O) groups excluding carboxylic acids is 1. The molecule has 1 aliphatic rings. The number of halogens is 2. The quantitative estimate of drug-likeness (QED) is 0.669. The fraction of sp³-hybridized carbons (Fsp3) is 0.385. The van der Waals surface area contributed by atoms with Crippen molar-refractivity contribution in [1.82, 2.24) is 5.43 Å². The van der Waals surface area contributed by atoms with E-state index in [4.69, 9.17) is 23.2 Å². The largest absolute Gasteiger partial charge is 0.273 e. The summed E-state index contributed by atoms with van der Waals surface area (Å²) >= 11 is 11.7. The van der Waals surface area contributed by atoms with Crippen LogP contribution in [-0.4, -0.2) is 32.0 Å². The highest BCUT2D eigenvalue weighted by Gasteiger charge is 2.29. The van der Waals surface area contributed by atoms with E-state index in [1.807, 2.05) is 0 Å². The van der Waals surface area contributed by atoms with Crippen LogP contribution in [-0.2, 0) is 14.6 Å². The van der Waals surface area contributed by atoms with E-state index in [1.54, 1.807) is 18.2 Å². The summed E-state index contributed by atoms with van der Waals surface area (Å²) in [5.41, 5.74) is 3.00. The van der Waals surface area contributed by atoms with Gasteiger partial charge in [-0.15, -0.1) is 0 Å². The number of nitrogens with one attached hydrogen (secondary N) is 1. The van der Waals surface area contributed by atoms with Crippen LogP contribution in [0.3, 0.4) is 0 Å². The molecule has 0 aromatic heterocycles. The number of amides is 1. The van der Waals surface area contributed by atoms with Gasteiger partial charge in [0.25, 0.3) is 0 Å². The minimum Gasteiger partial charge on any atom is -0.273 e. The third kappa shape index (κ3) is 4.98. The number of hydrogen-bond acceptors (Lipinski definition) is 4. The Labute approximate surface area is 133 Å². The Morgan fingerprint density at radius 2 is 2.19 bits per heavy atom. The van der Waals surface area contributed by atoms with Gasteiger partial charge in [-0.1, -0.05) is 29.3 Å². The zero-order valence-electron chi connectivity index (χ0n) is 11.1. The van der Waals surface area contributed by atoms with Crippen LogP contribution in [0.1, 0.15) is 18.4 Å². The van der Waals surface area contributed by atoms with Crippen LogP contribution >= 0.6 is 23.2 Å². The Hall–Kier alpha value is -1.11. The molecule has 0 saturated carbocycles. The number of hydrazone groups is 1. The Balaban J connectivity index is 1.85. The molecule has 1 N–H and O–H groups in total. The fourth-order valence-corrected chi connectivity index (χ4v) is 4.44. The normalized spacial score (nSPS) is 20.8. The topological polar surface area (TPSA) is 75.6 Å². The molecule has 1 aliphatic heterocycles. The molecule has 1 aromatic rings. The Bertz CT molecular complexity index is 674. The van der Waals surface area contributed by atoms with E-state index in [2.05, 4.69) is 10.5 Å². The van der Waals surface area contributed by atoms with Gasteiger partial charge in [-0.3, -0.25) is 4.79 Å². The van der Waals surface area contributed by atoms with E-state index in [0.717, 1.165) is 0 Å². The molecule has 0 spiro atoms. The van der Waals surface area contributed by atoms with Crippen LogP contribution in [0, 0.1) is 5.92 Å². The van der Waals surface area contributed by atoms with Gasteiger partial charge in [0.1, 0.15) is 0 Å². The molecule has 0 unspecified atom stereocenters. The number of benzene rings is 1. The summed E-state index contributed by atoms with van der Waals surface area (Å²) in [6, 6.07) is 4.93. The second-order valence-electron chi connectivity index (χ2n) is 4.93. The van der Waals surface area contributed by atoms with Crippen LogP contribution in [0.15, 0.2) is 23.3 Å². The molecular weight excluding hydrogens is 335 g/mol. The SMILES string of the molecule is O=C(C[C@H]1CCS(=O)(=O)C1)N/N=C\c1ccc(Cl)cc1Cl. The highest BCUT2D eigenvalue weighted by Crippen LogP contribution is 2.21. The van der Waals surface area contributed by atoms with Crippen LogP contribution < -0.4 is 5.43 Å². The maximum absolute atomic E-state index is 11.7. The summed E-state index contributed by atoms with van der Waals surface area (Å²) in [4.78, 5) is 11.7. The van der Waals surface area contributed by atoms with Crippen LogP contribution in [0.4, 0.5) is 0 Å². The number of hydrogen-bond donors (Lipinski definition) is 1. The van der Waals surface area contributed by atoms with Crippen molar-refractivity contribution in [3.8, 4) is 0 Å². The predicted molar refractivity (Wildman–Crippen MR) is 83.6 cm³/mol. The molecule has 1 aromatic carbocycles. The molecule has 0 aliphatic carbocycles. The lowest BCUT2D eigenvalue weighted by atomic mass is 10.1. The molecule has 2 rings (SSSR count). The molecule has 1 heterocycles. The van der Waals surface area contributed by atoms with E-state index in [0.29, 0.717) is 22.0 Å². The summed E-state index contributed by atoms with van der Waals surface area (Å²) in [6.45, 7) is 0. The lowest BCUT2D eigenvalue weighted by molar-refractivity contribution is -0.121. The average molecular weight is 349 g/mol. The molecule has 8 heteroatoms. The molecule has 1 fully saturated rings. The van der Waals surface area contributed by atoms with Gasteiger partial charge >= 0.3 is 0 Å². The summed E-state index contributed by atoms with van der Waals surface area (Å²) in [6.07, 6.45) is 2.11. The first-order chi connectivity index (χ1) is 9.85. The molecule has 0 bridgehead atoms. The van der Waals surface area contributed by atoms with Gasteiger partial charge in [0, 0.05) is 17.0 Å². The summed E-state index contributed by atoms with van der Waals surface area (Å²) in [5, 5.41) is 4.76. The number of nitrogens with zero attached hydrogens (tertiary/aromatic N) is 1.